The molecule has 0 saturated heterocycles. The van der Waals surface area contributed by atoms with Gasteiger partial charge in [-0.2, -0.15) is 5.10 Å². The standard InChI is InChI=1S/C5H8ClN3O2/c6-1-4(10)2-9-3-7-8-5(9)11/h3-4,10H,1-2H2,(H,8,11). The maximum absolute atomic E-state index is 10.8. The van der Waals surface area contributed by atoms with Gasteiger partial charge < -0.3 is 5.11 Å². The summed E-state index contributed by atoms with van der Waals surface area (Å²) in [6.45, 7) is 0.179. The molecule has 1 atom stereocenters. The van der Waals surface area contributed by atoms with Crippen LogP contribution in [-0.2, 0) is 6.54 Å². The van der Waals surface area contributed by atoms with Gasteiger partial charge in [-0.05, 0) is 0 Å². The van der Waals surface area contributed by atoms with E-state index in [4.69, 9.17) is 16.7 Å². The van der Waals surface area contributed by atoms with Crippen molar-refractivity contribution in [1.82, 2.24) is 14.8 Å². The first kappa shape index (κ1) is 8.29. The van der Waals surface area contributed by atoms with Gasteiger partial charge in [-0.25, -0.2) is 9.89 Å². The molecular formula is C5H8ClN3O2. The van der Waals surface area contributed by atoms with Crippen LogP contribution in [0.2, 0.25) is 0 Å². The molecule has 0 saturated carbocycles. The van der Waals surface area contributed by atoms with Gasteiger partial charge in [0.25, 0.3) is 0 Å². The molecule has 11 heavy (non-hydrogen) atoms. The predicted molar refractivity (Wildman–Crippen MR) is 39.6 cm³/mol. The Kier molecular flexibility index (Phi) is 2.67. The lowest BCUT2D eigenvalue weighted by Gasteiger charge is -2.04. The fourth-order valence-electron chi connectivity index (χ4n) is 0.676. The second kappa shape index (κ2) is 3.54. The Morgan fingerprint density at radius 3 is 3.09 bits per heavy atom. The maximum Gasteiger partial charge on any atom is 0.343 e. The van der Waals surface area contributed by atoms with Crippen molar-refractivity contribution >= 4 is 11.6 Å². The predicted octanol–water partition coefficient (Wildman–Crippen LogP) is -0.829. The molecule has 0 aliphatic heterocycles. The minimum absolute atomic E-state index is 0.109. The first-order valence-corrected chi connectivity index (χ1v) is 3.61. The Labute approximate surface area is 67.6 Å². The molecule has 0 aromatic carbocycles. The van der Waals surface area contributed by atoms with Crippen molar-refractivity contribution in [2.75, 3.05) is 5.88 Å². The number of aromatic nitrogens is 3. The Morgan fingerprint density at radius 2 is 2.64 bits per heavy atom. The Balaban J connectivity index is 2.64. The Morgan fingerprint density at radius 1 is 1.91 bits per heavy atom. The van der Waals surface area contributed by atoms with Crippen LogP contribution < -0.4 is 5.69 Å². The van der Waals surface area contributed by atoms with E-state index in [1.165, 1.54) is 10.9 Å². The Hall–Kier alpha value is -0.810. The third-order valence-corrected chi connectivity index (χ3v) is 1.56. The fourth-order valence-corrected chi connectivity index (χ4v) is 0.774. The van der Waals surface area contributed by atoms with E-state index in [9.17, 15) is 4.79 Å². The highest BCUT2D eigenvalue weighted by Gasteiger charge is 2.04. The molecule has 1 aromatic heterocycles. The van der Waals surface area contributed by atoms with Gasteiger partial charge in [-0.3, -0.25) is 4.57 Å². The van der Waals surface area contributed by atoms with E-state index in [-0.39, 0.29) is 18.1 Å². The molecule has 1 unspecified atom stereocenters. The topological polar surface area (TPSA) is 70.9 Å². The quantitative estimate of drug-likeness (QED) is 0.593. The first-order valence-electron chi connectivity index (χ1n) is 3.08. The van der Waals surface area contributed by atoms with Crippen molar-refractivity contribution in [3.63, 3.8) is 0 Å². The third kappa shape index (κ3) is 2.06. The molecular weight excluding hydrogens is 170 g/mol. The first-order chi connectivity index (χ1) is 5.24. The number of H-pyrrole nitrogens is 1. The van der Waals surface area contributed by atoms with Crippen LogP contribution in [0.15, 0.2) is 11.1 Å². The van der Waals surface area contributed by atoms with E-state index >= 15 is 0 Å². The zero-order valence-electron chi connectivity index (χ0n) is 5.70. The molecule has 1 heterocycles. The van der Waals surface area contributed by atoms with E-state index in [1.807, 2.05) is 0 Å². The van der Waals surface area contributed by atoms with Crippen LogP contribution in [0.1, 0.15) is 0 Å². The van der Waals surface area contributed by atoms with Crippen LogP contribution >= 0.6 is 11.6 Å². The normalized spacial score (nSPS) is 13.3. The molecule has 1 aromatic rings. The molecule has 5 nitrogen and oxygen atoms in total. The van der Waals surface area contributed by atoms with Gasteiger partial charge >= 0.3 is 5.69 Å². The molecule has 62 valence electrons. The summed E-state index contributed by atoms with van der Waals surface area (Å²) in [5.74, 6) is 0.109. The molecule has 0 radical (unpaired) electrons. The van der Waals surface area contributed by atoms with Crippen molar-refractivity contribution in [2.24, 2.45) is 0 Å². The number of nitrogens with one attached hydrogen (secondary N) is 1. The number of halogens is 1. The van der Waals surface area contributed by atoms with Crippen molar-refractivity contribution in [1.29, 1.82) is 0 Å². The van der Waals surface area contributed by atoms with E-state index in [1.54, 1.807) is 0 Å². The highest BCUT2D eigenvalue weighted by atomic mass is 35.5. The molecule has 0 aliphatic rings. The number of aliphatic hydroxyl groups is 1. The lowest BCUT2D eigenvalue weighted by molar-refractivity contribution is 0.175. The van der Waals surface area contributed by atoms with Gasteiger partial charge in [-0.15, -0.1) is 11.6 Å². The minimum Gasteiger partial charge on any atom is -0.390 e. The second-order valence-corrected chi connectivity index (χ2v) is 2.43. The van der Waals surface area contributed by atoms with E-state index in [2.05, 4.69) is 10.2 Å². The molecule has 6 heteroatoms. The van der Waals surface area contributed by atoms with Crippen molar-refractivity contribution in [2.45, 2.75) is 12.6 Å². The molecule has 0 fully saturated rings. The number of aliphatic hydroxyl groups excluding tert-OH is 1. The zero-order chi connectivity index (χ0) is 8.27. The SMILES string of the molecule is O=c1[nH]ncn1CC(O)CCl. The monoisotopic (exact) mass is 177 g/mol. The maximum atomic E-state index is 10.8. The highest BCUT2D eigenvalue weighted by Crippen LogP contribution is 1.89. The van der Waals surface area contributed by atoms with Gasteiger partial charge in [0.05, 0.1) is 18.5 Å². The highest BCUT2D eigenvalue weighted by molar-refractivity contribution is 6.18. The average molecular weight is 178 g/mol. The van der Waals surface area contributed by atoms with Crippen LogP contribution in [0, 0.1) is 0 Å². The number of hydrogen-bond acceptors (Lipinski definition) is 3. The molecule has 0 spiro atoms. The van der Waals surface area contributed by atoms with Crippen molar-refractivity contribution in [3.8, 4) is 0 Å². The molecule has 0 amide bonds. The summed E-state index contributed by atoms with van der Waals surface area (Å²) < 4.78 is 1.26. The number of hydrogen-bond donors (Lipinski definition) is 2. The van der Waals surface area contributed by atoms with Gasteiger partial charge in [0.15, 0.2) is 0 Å². The van der Waals surface area contributed by atoms with Crippen LogP contribution in [0.5, 0.6) is 0 Å². The molecule has 0 aliphatic carbocycles. The van der Waals surface area contributed by atoms with E-state index < -0.39 is 6.10 Å². The fraction of sp³-hybridized carbons (Fsp3) is 0.600. The molecule has 1 rings (SSSR count). The van der Waals surface area contributed by atoms with Gasteiger partial charge in [0, 0.05) is 0 Å². The summed E-state index contributed by atoms with van der Waals surface area (Å²) >= 11 is 5.33. The van der Waals surface area contributed by atoms with Gasteiger partial charge in [-0.1, -0.05) is 0 Å². The Bertz CT molecular complexity index is 269. The van der Waals surface area contributed by atoms with Crippen LogP contribution in [0.25, 0.3) is 0 Å². The molecule has 0 bridgehead atoms. The smallest absolute Gasteiger partial charge is 0.343 e. The summed E-state index contributed by atoms with van der Waals surface area (Å²) in [4.78, 5) is 10.8. The lowest BCUT2D eigenvalue weighted by atomic mass is 10.4. The third-order valence-electron chi connectivity index (χ3n) is 1.20. The lowest BCUT2D eigenvalue weighted by Crippen LogP contribution is -2.25. The largest absolute Gasteiger partial charge is 0.390 e. The van der Waals surface area contributed by atoms with Crippen LogP contribution in [0.3, 0.4) is 0 Å². The van der Waals surface area contributed by atoms with E-state index in [0.717, 1.165) is 0 Å². The van der Waals surface area contributed by atoms with E-state index in [0.29, 0.717) is 0 Å². The zero-order valence-corrected chi connectivity index (χ0v) is 6.45. The number of aromatic amines is 1. The summed E-state index contributed by atoms with van der Waals surface area (Å²) in [6, 6.07) is 0. The number of alkyl halides is 1. The second-order valence-electron chi connectivity index (χ2n) is 2.12. The summed E-state index contributed by atoms with van der Waals surface area (Å²) in [5.41, 5.74) is -0.339. The summed E-state index contributed by atoms with van der Waals surface area (Å²) in [6.07, 6.45) is 0.616. The van der Waals surface area contributed by atoms with Crippen LogP contribution in [-0.4, -0.2) is 31.9 Å². The van der Waals surface area contributed by atoms with Gasteiger partial charge in [0.1, 0.15) is 6.33 Å². The number of nitrogens with zero attached hydrogens (tertiary/aromatic N) is 2. The van der Waals surface area contributed by atoms with Crippen LogP contribution in [0.4, 0.5) is 0 Å². The summed E-state index contributed by atoms with van der Waals surface area (Å²) in [7, 11) is 0. The number of rotatable bonds is 3. The summed E-state index contributed by atoms with van der Waals surface area (Å²) in [5, 5.41) is 14.7. The minimum atomic E-state index is -0.702. The molecule has 2 N–H and O–H groups in total. The average Bonchev–Trinajstić information content (AvgIpc) is 2.37. The van der Waals surface area contributed by atoms with Crippen molar-refractivity contribution < 1.29 is 5.11 Å². The van der Waals surface area contributed by atoms with Crippen molar-refractivity contribution in [3.05, 3.63) is 16.8 Å². The van der Waals surface area contributed by atoms with Gasteiger partial charge in [0.2, 0.25) is 0 Å².